The highest BCUT2D eigenvalue weighted by atomic mass is 16.5. The lowest BCUT2D eigenvalue weighted by atomic mass is 9.62. The lowest BCUT2D eigenvalue weighted by molar-refractivity contribution is 0.463. The van der Waals surface area contributed by atoms with Crippen LogP contribution in [-0.4, -0.2) is 0 Å². The molecule has 14 rings (SSSR count). The van der Waals surface area contributed by atoms with Crippen molar-refractivity contribution >= 4 is 22.6 Å². The van der Waals surface area contributed by atoms with Crippen molar-refractivity contribution in [3.8, 4) is 67.1 Å². The monoisotopic (exact) mass is 957 g/mol. The molecule has 75 heavy (non-hydrogen) atoms. The molecule has 0 aromatic heterocycles. The number of rotatable bonds is 9. The molecule has 0 radical (unpaired) electrons. The molecule has 0 amide bonds. The Morgan fingerprint density at radius 2 is 0.733 bits per heavy atom. The van der Waals surface area contributed by atoms with Crippen LogP contribution in [0, 0.1) is 5.92 Å². The Morgan fingerprint density at radius 1 is 0.333 bits per heavy atom. The first-order chi connectivity index (χ1) is 37.2. The van der Waals surface area contributed by atoms with Crippen LogP contribution in [0.4, 0.5) is 17.1 Å². The van der Waals surface area contributed by atoms with Crippen LogP contribution >= 0.6 is 0 Å². The summed E-state index contributed by atoms with van der Waals surface area (Å²) in [6, 6.07) is 102. The van der Waals surface area contributed by atoms with Crippen LogP contribution in [0.3, 0.4) is 0 Å². The number of allylic oxidation sites excluding steroid dienone is 4. The zero-order chi connectivity index (χ0) is 49.7. The van der Waals surface area contributed by atoms with E-state index >= 15 is 0 Å². The lowest BCUT2D eigenvalue weighted by Gasteiger charge is -2.40. The standard InChI is InChI=1S/C73H51NO/c1-7-20-50(21-8-1)54-34-39-63(40-35-54)74-68-42-37-56(51-22-9-2-10-23-51)48-70(68)75-71-49-57(38-43-69(71)74)55-36-41-65-67(47-55)73(61-28-15-5-16-29-61,62-30-17-6-18-31-62)66-33-19-32-64(72(65)66)60-45-58(52-24-11-3-12-25-52)44-59(46-60)53-26-13-4-14-27-53/h1-49,66,72H. The Hall–Kier alpha value is -9.50. The van der Waals surface area contributed by atoms with E-state index in [0.29, 0.717) is 0 Å². The zero-order valence-corrected chi connectivity index (χ0v) is 41.3. The third-order valence-corrected chi connectivity index (χ3v) is 15.8. The average molecular weight is 958 g/mol. The minimum Gasteiger partial charge on any atom is -0.453 e. The summed E-state index contributed by atoms with van der Waals surface area (Å²) in [7, 11) is 0. The van der Waals surface area contributed by atoms with Crippen LogP contribution in [0.2, 0.25) is 0 Å². The van der Waals surface area contributed by atoms with Crippen molar-refractivity contribution in [2.24, 2.45) is 5.92 Å². The molecule has 11 aromatic carbocycles. The fraction of sp³-hybridized carbons (Fsp3) is 0.0411. The SMILES string of the molecule is C1=CC2C(C(c3cc(-c4ccccc4)cc(-c4ccccc4)c3)=C1)c1ccc(-c3ccc4c(c3)Oc3cc(-c5ccccc5)ccc3N4c3ccc(-c4ccccc4)cc3)cc1C2(c1ccccc1)c1ccccc1. The molecule has 354 valence electrons. The van der Waals surface area contributed by atoms with E-state index in [1.807, 2.05) is 0 Å². The summed E-state index contributed by atoms with van der Waals surface area (Å²) < 4.78 is 7.08. The smallest absolute Gasteiger partial charge is 0.152 e. The normalized spacial score (nSPS) is 15.7. The minimum absolute atomic E-state index is 0.0677. The molecule has 0 fully saturated rings. The Morgan fingerprint density at radius 3 is 1.25 bits per heavy atom. The van der Waals surface area contributed by atoms with Crippen LogP contribution in [0.1, 0.15) is 33.7 Å². The minimum atomic E-state index is -0.506. The number of hydrogen-bond donors (Lipinski definition) is 0. The molecule has 11 aromatic rings. The van der Waals surface area contributed by atoms with Gasteiger partial charge in [0.25, 0.3) is 0 Å². The molecule has 1 aliphatic heterocycles. The van der Waals surface area contributed by atoms with Gasteiger partial charge in [0.2, 0.25) is 0 Å². The molecular weight excluding hydrogens is 907 g/mol. The number of ether oxygens (including phenoxy) is 1. The van der Waals surface area contributed by atoms with Crippen molar-refractivity contribution in [3.63, 3.8) is 0 Å². The first kappa shape index (κ1) is 44.2. The zero-order valence-electron chi connectivity index (χ0n) is 41.3. The summed E-state index contributed by atoms with van der Waals surface area (Å²) in [6.45, 7) is 0. The molecule has 1 heterocycles. The fourth-order valence-corrected chi connectivity index (χ4v) is 12.4. The highest BCUT2D eigenvalue weighted by molar-refractivity contribution is 5.91. The molecule has 2 nitrogen and oxygen atoms in total. The Kier molecular flexibility index (Phi) is 10.9. The van der Waals surface area contributed by atoms with Crippen molar-refractivity contribution in [3.05, 3.63) is 325 Å². The second-order valence-electron chi connectivity index (χ2n) is 20.0. The molecule has 0 spiro atoms. The number of anilines is 3. The van der Waals surface area contributed by atoms with E-state index in [2.05, 4.69) is 302 Å². The van der Waals surface area contributed by atoms with Crippen molar-refractivity contribution in [2.75, 3.05) is 4.90 Å². The van der Waals surface area contributed by atoms with Crippen molar-refractivity contribution in [1.82, 2.24) is 0 Å². The van der Waals surface area contributed by atoms with Gasteiger partial charge in [-0.3, -0.25) is 0 Å². The van der Waals surface area contributed by atoms with E-state index in [-0.39, 0.29) is 11.8 Å². The highest BCUT2D eigenvalue weighted by Gasteiger charge is 2.55. The van der Waals surface area contributed by atoms with Gasteiger partial charge < -0.3 is 9.64 Å². The van der Waals surface area contributed by atoms with Gasteiger partial charge in [0.05, 0.1) is 16.8 Å². The molecule has 3 aliphatic rings. The molecule has 2 unspecified atom stereocenters. The molecule has 0 saturated heterocycles. The summed E-state index contributed by atoms with van der Waals surface area (Å²) in [6.07, 6.45) is 7.19. The predicted octanol–water partition coefficient (Wildman–Crippen LogP) is 19.3. The summed E-state index contributed by atoms with van der Waals surface area (Å²) in [5.74, 6) is 1.77. The summed E-state index contributed by atoms with van der Waals surface area (Å²) in [5, 5.41) is 0. The van der Waals surface area contributed by atoms with Gasteiger partial charge in [0, 0.05) is 17.5 Å². The third kappa shape index (κ3) is 7.65. The van der Waals surface area contributed by atoms with Crippen LogP contribution in [0.25, 0.3) is 61.2 Å². The predicted molar refractivity (Wildman–Crippen MR) is 311 cm³/mol. The van der Waals surface area contributed by atoms with Gasteiger partial charge in [-0.25, -0.2) is 0 Å². The van der Waals surface area contributed by atoms with Gasteiger partial charge in [-0.1, -0.05) is 237 Å². The second kappa shape index (κ2) is 18.5. The van der Waals surface area contributed by atoms with E-state index in [0.717, 1.165) is 50.8 Å². The Balaban J connectivity index is 0.932. The van der Waals surface area contributed by atoms with Gasteiger partial charge in [-0.05, 0) is 150 Å². The maximum Gasteiger partial charge on any atom is 0.152 e. The molecule has 2 heteroatoms. The third-order valence-electron chi connectivity index (χ3n) is 15.8. The van der Waals surface area contributed by atoms with Gasteiger partial charge in [-0.15, -0.1) is 0 Å². The number of hydrogen-bond acceptors (Lipinski definition) is 2. The highest BCUT2D eigenvalue weighted by Crippen LogP contribution is 2.63. The maximum absolute atomic E-state index is 7.08. The fourth-order valence-electron chi connectivity index (χ4n) is 12.4. The van der Waals surface area contributed by atoms with Crippen LogP contribution < -0.4 is 9.64 Å². The summed E-state index contributed by atoms with van der Waals surface area (Å²) >= 11 is 0. The van der Waals surface area contributed by atoms with Crippen LogP contribution in [0.15, 0.2) is 297 Å². The molecule has 2 atom stereocenters. The second-order valence-corrected chi connectivity index (χ2v) is 20.0. The lowest BCUT2D eigenvalue weighted by Crippen LogP contribution is -2.35. The average Bonchev–Trinajstić information content (AvgIpc) is 3.88. The van der Waals surface area contributed by atoms with Crippen molar-refractivity contribution in [2.45, 2.75) is 11.3 Å². The van der Waals surface area contributed by atoms with Crippen molar-refractivity contribution < 1.29 is 4.74 Å². The molecule has 2 aliphatic carbocycles. The Bertz CT molecular complexity index is 3840. The molecular formula is C73H51NO. The first-order valence-electron chi connectivity index (χ1n) is 26.0. The number of nitrogens with zero attached hydrogens (tertiary/aromatic N) is 1. The quantitative estimate of drug-likeness (QED) is 0.143. The van der Waals surface area contributed by atoms with E-state index in [1.165, 1.54) is 66.8 Å². The Labute approximate surface area is 439 Å². The van der Waals surface area contributed by atoms with Crippen LogP contribution in [0.5, 0.6) is 11.5 Å². The van der Waals surface area contributed by atoms with Gasteiger partial charge in [0.1, 0.15) is 0 Å². The topological polar surface area (TPSA) is 12.5 Å². The van der Waals surface area contributed by atoms with Crippen molar-refractivity contribution in [1.29, 1.82) is 0 Å². The van der Waals surface area contributed by atoms with Gasteiger partial charge >= 0.3 is 0 Å². The first-order valence-corrected chi connectivity index (χ1v) is 26.0. The largest absolute Gasteiger partial charge is 0.453 e. The molecule has 0 N–H and O–H groups in total. The van der Waals surface area contributed by atoms with Gasteiger partial charge in [-0.2, -0.15) is 0 Å². The maximum atomic E-state index is 7.08. The number of fused-ring (bicyclic) bond motifs is 5. The van der Waals surface area contributed by atoms with Gasteiger partial charge in [0.15, 0.2) is 11.5 Å². The summed E-state index contributed by atoms with van der Waals surface area (Å²) in [5.41, 5.74) is 22.1. The van der Waals surface area contributed by atoms with Crippen LogP contribution in [-0.2, 0) is 5.41 Å². The molecule has 0 bridgehead atoms. The molecule has 0 saturated carbocycles. The van der Waals surface area contributed by atoms with E-state index < -0.39 is 5.41 Å². The van der Waals surface area contributed by atoms with E-state index in [4.69, 9.17) is 4.74 Å². The number of benzene rings is 11. The van der Waals surface area contributed by atoms with E-state index in [1.54, 1.807) is 0 Å². The van der Waals surface area contributed by atoms with E-state index in [9.17, 15) is 0 Å². The summed E-state index contributed by atoms with van der Waals surface area (Å²) in [4.78, 5) is 2.35.